The van der Waals surface area contributed by atoms with Gasteiger partial charge < -0.3 is 14.6 Å². The van der Waals surface area contributed by atoms with Crippen molar-refractivity contribution in [3.8, 4) is 39.0 Å². The van der Waals surface area contributed by atoms with Gasteiger partial charge in [0, 0.05) is 35.4 Å². The second-order valence-corrected chi connectivity index (χ2v) is 9.67. The first-order chi connectivity index (χ1) is 17.5. The molecule has 0 fully saturated rings. The van der Waals surface area contributed by atoms with Gasteiger partial charge in [0.05, 0.1) is 33.7 Å². The van der Waals surface area contributed by atoms with Crippen LogP contribution in [0.1, 0.15) is 0 Å². The van der Waals surface area contributed by atoms with Crippen LogP contribution in [0, 0.1) is 5.13 Å². The number of halogens is 1. The van der Waals surface area contributed by atoms with Crippen LogP contribution in [-0.4, -0.2) is 62.3 Å². The van der Waals surface area contributed by atoms with E-state index in [0.717, 1.165) is 67.3 Å². The van der Waals surface area contributed by atoms with Crippen LogP contribution < -0.4 is 4.74 Å². The van der Waals surface area contributed by atoms with Crippen LogP contribution in [0.4, 0.5) is 4.39 Å². The van der Waals surface area contributed by atoms with Crippen LogP contribution in [0.2, 0.25) is 0 Å². The van der Waals surface area contributed by atoms with Gasteiger partial charge in [0.1, 0.15) is 23.6 Å². The second kappa shape index (κ2) is 9.14. The number of fused-ring (bicyclic) bond motifs is 2. The fraction of sp³-hybridized carbons (Fsp3) is 0.154. The van der Waals surface area contributed by atoms with E-state index in [0.29, 0.717) is 18.1 Å². The second-order valence-electron chi connectivity index (χ2n) is 8.63. The first kappa shape index (κ1) is 22.3. The number of aromatic amines is 2. The summed E-state index contributed by atoms with van der Waals surface area (Å²) in [5, 5.41) is 8.26. The number of aromatic nitrogens is 6. The largest absolute Gasteiger partial charge is 0.491 e. The molecule has 8 nitrogen and oxygen atoms in total. The number of nitrogens with zero attached hydrogens (tertiary/aromatic N) is 5. The summed E-state index contributed by atoms with van der Waals surface area (Å²) in [5.41, 5.74) is 6.28. The summed E-state index contributed by atoms with van der Waals surface area (Å²) in [4.78, 5) is 20.0. The molecule has 0 radical (unpaired) electrons. The minimum absolute atomic E-state index is 0.240. The van der Waals surface area contributed by atoms with Gasteiger partial charge in [0.2, 0.25) is 0 Å². The molecule has 0 bridgehead atoms. The number of likely N-dealkylation sites (N-methyl/N-ethyl adjacent to an activating group) is 1. The van der Waals surface area contributed by atoms with Crippen LogP contribution in [-0.2, 0) is 0 Å². The molecule has 0 unspecified atom stereocenters. The molecule has 6 rings (SSSR count). The van der Waals surface area contributed by atoms with Crippen molar-refractivity contribution in [2.75, 3.05) is 27.2 Å². The summed E-state index contributed by atoms with van der Waals surface area (Å²) in [7, 11) is 4.01. The van der Waals surface area contributed by atoms with Crippen molar-refractivity contribution >= 4 is 33.3 Å². The lowest BCUT2D eigenvalue weighted by atomic mass is 10.1. The maximum atomic E-state index is 13.7. The van der Waals surface area contributed by atoms with Gasteiger partial charge in [-0.05, 0) is 56.6 Å². The Balaban J connectivity index is 1.37. The van der Waals surface area contributed by atoms with Gasteiger partial charge in [0.25, 0.3) is 0 Å². The Hall–Kier alpha value is -4.15. The molecular weight excluding hydrogens is 477 g/mol. The molecular formula is C26H22FN7OS. The Kier molecular flexibility index (Phi) is 5.67. The van der Waals surface area contributed by atoms with Crippen molar-refractivity contribution in [1.29, 1.82) is 0 Å². The van der Waals surface area contributed by atoms with Crippen LogP contribution >= 0.6 is 11.3 Å². The van der Waals surface area contributed by atoms with E-state index in [4.69, 9.17) is 9.72 Å². The van der Waals surface area contributed by atoms with Crippen LogP contribution in [0.25, 0.3) is 55.2 Å². The highest BCUT2D eigenvalue weighted by atomic mass is 32.1. The predicted octanol–water partition coefficient (Wildman–Crippen LogP) is 5.37. The van der Waals surface area contributed by atoms with E-state index in [2.05, 4.69) is 30.0 Å². The highest BCUT2D eigenvalue weighted by Crippen LogP contribution is 2.35. The van der Waals surface area contributed by atoms with E-state index in [9.17, 15) is 4.39 Å². The zero-order chi connectivity index (χ0) is 24.6. The van der Waals surface area contributed by atoms with Crippen molar-refractivity contribution in [2.24, 2.45) is 0 Å². The van der Waals surface area contributed by atoms with E-state index in [1.54, 1.807) is 24.7 Å². The first-order valence-electron chi connectivity index (χ1n) is 11.4. The molecule has 0 saturated carbocycles. The van der Waals surface area contributed by atoms with Gasteiger partial charge in [-0.25, -0.2) is 4.98 Å². The summed E-state index contributed by atoms with van der Waals surface area (Å²) >= 11 is 1.08. The van der Waals surface area contributed by atoms with E-state index >= 15 is 0 Å². The van der Waals surface area contributed by atoms with Crippen molar-refractivity contribution in [3.05, 3.63) is 66.2 Å². The smallest absolute Gasteiger partial charge is 0.177 e. The SMILES string of the molecule is CN(C)CCOc1cncc(-c2ccc3[nH]nc(-c4cc5c(-c6ccc(F)s6)nccc5[nH]4)c3n2)c1. The molecule has 0 atom stereocenters. The maximum absolute atomic E-state index is 13.7. The van der Waals surface area contributed by atoms with Crippen LogP contribution in [0.15, 0.2) is 61.1 Å². The number of ether oxygens (including phenoxy) is 1. The Labute approximate surface area is 209 Å². The quantitative estimate of drug-likeness (QED) is 0.307. The van der Waals surface area contributed by atoms with Gasteiger partial charge in [0.15, 0.2) is 5.13 Å². The molecule has 6 aromatic rings. The van der Waals surface area contributed by atoms with Crippen LogP contribution in [0.5, 0.6) is 5.75 Å². The summed E-state index contributed by atoms with van der Waals surface area (Å²) in [6, 6.07) is 12.9. The molecule has 6 heterocycles. The Morgan fingerprint density at radius 1 is 1.03 bits per heavy atom. The normalized spacial score (nSPS) is 11.7. The molecule has 10 heteroatoms. The van der Waals surface area contributed by atoms with Gasteiger partial charge in [-0.3, -0.25) is 15.1 Å². The molecule has 2 N–H and O–H groups in total. The van der Waals surface area contributed by atoms with Crippen molar-refractivity contribution in [2.45, 2.75) is 0 Å². The van der Waals surface area contributed by atoms with Gasteiger partial charge >= 0.3 is 0 Å². The topological polar surface area (TPSA) is 95.6 Å². The summed E-state index contributed by atoms with van der Waals surface area (Å²) in [5.74, 6) is 0.698. The molecule has 0 spiro atoms. The van der Waals surface area contributed by atoms with Gasteiger partial charge in [-0.1, -0.05) is 0 Å². The number of nitrogens with one attached hydrogen (secondary N) is 2. The monoisotopic (exact) mass is 499 g/mol. The minimum Gasteiger partial charge on any atom is -0.491 e. The Morgan fingerprint density at radius 2 is 1.94 bits per heavy atom. The highest BCUT2D eigenvalue weighted by Gasteiger charge is 2.17. The third-order valence-corrected chi connectivity index (χ3v) is 6.71. The van der Waals surface area contributed by atoms with E-state index < -0.39 is 0 Å². The lowest BCUT2D eigenvalue weighted by molar-refractivity contribution is 0.261. The number of hydrogen-bond donors (Lipinski definition) is 2. The molecule has 0 saturated heterocycles. The van der Waals surface area contributed by atoms with Crippen LogP contribution in [0.3, 0.4) is 0 Å². The minimum atomic E-state index is -0.240. The molecule has 0 aliphatic rings. The highest BCUT2D eigenvalue weighted by molar-refractivity contribution is 7.13. The number of thiophene rings is 1. The first-order valence-corrected chi connectivity index (χ1v) is 12.2. The molecule has 6 aromatic heterocycles. The van der Waals surface area contributed by atoms with E-state index in [1.165, 1.54) is 6.07 Å². The molecule has 0 aromatic carbocycles. The van der Waals surface area contributed by atoms with Crippen molar-refractivity contribution in [1.82, 2.24) is 35.0 Å². The zero-order valence-corrected chi connectivity index (χ0v) is 20.4. The fourth-order valence-electron chi connectivity index (χ4n) is 4.05. The lowest BCUT2D eigenvalue weighted by Gasteiger charge is -2.11. The van der Waals surface area contributed by atoms with E-state index in [-0.39, 0.29) is 5.13 Å². The number of hydrogen-bond acceptors (Lipinski definition) is 7. The molecule has 0 amide bonds. The third-order valence-electron chi connectivity index (χ3n) is 5.83. The average Bonchev–Trinajstić information content (AvgIpc) is 3.61. The van der Waals surface area contributed by atoms with Crippen molar-refractivity contribution < 1.29 is 9.13 Å². The summed E-state index contributed by atoms with van der Waals surface area (Å²) in [6.07, 6.45) is 5.19. The Morgan fingerprint density at radius 3 is 2.78 bits per heavy atom. The fourth-order valence-corrected chi connectivity index (χ4v) is 4.79. The predicted molar refractivity (Wildman–Crippen MR) is 140 cm³/mol. The molecule has 0 aliphatic carbocycles. The van der Waals surface area contributed by atoms with E-state index in [1.807, 2.05) is 44.4 Å². The molecule has 36 heavy (non-hydrogen) atoms. The number of rotatable bonds is 7. The maximum Gasteiger partial charge on any atom is 0.177 e. The zero-order valence-electron chi connectivity index (χ0n) is 19.6. The summed E-state index contributed by atoms with van der Waals surface area (Å²) < 4.78 is 19.5. The Bertz CT molecular complexity index is 1690. The standard InChI is InChI=1S/C26H22FN7OS/c1-34(2)9-10-35-16-11-15(13-28-14-16)18-3-4-20-25(31-18)26(33-32-20)21-12-17-19(30-21)7-8-29-24(17)22-5-6-23(27)36-22/h3-8,11-14,30H,9-10H2,1-2H3,(H,32,33). The average molecular weight is 500 g/mol. The van der Waals surface area contributed by atoms with Crippen molar-refractivity contribution in [3.63, 3.8) is 0 Å². The number of pyridine rings is 3. The number of H-pyrrole nitrogens is 2. The third kappa shape index (κ3) is 4.21. The van der Waals surface area contributed by atoms with Gasteiger partial charge in [-0.2, -0.15) is 9.49 Å². The lowest BCUT2D eigenvalue weighted by Crippen LogP contribution is -2.19. The summed E-state index contributed by atoms with van der Waals surface area (Å²) in [6.45, 7) is 1.39. The van der Waals surface area contributed by atoms with Gasteiger partial charge in [-0.15, -0.1) is 11.3 Å². The molecule has 0 aliphatic heterocycles. The molecule has 180 valence electrons.